The zero-order chi connectivity index (χ0) is 21.1. The number of nitro benzene ring substituents is 1. The summed E-state index contributed by atoms with van der Waals surface area (Å²) < 4.78 is 0. The van der Waals surface area contributed by atoms with Crippen molar-refractivity contribution in [1.29, 1.82) is 0 Å². The Hall–Kier alpha value is -2.41. The van der Waals surface area contributed by atoms with Crippen LogP contribution in [0.15, 0.2) is 24.3 Å². The molecule has 1 N–H and O–H groups in total. The number of piperidine rings is 1. The second-order valence-corrected chi connectivity index (χ2v) is 8.69. The molecule has 2 unspecified atom stereocenters. The third-order valence-corrected chi connectivity index (χ3v) is 6.53. The van der Waals surface area contributed by atoms with E-state index in [0.717, 1.165) is 36.8 Å². The zero-order valence-electron chi connectivity index (χ0n) is 17.3. The zero-order valence-corrected chi connectivity index (χ0v) is 18.1. The normalized spacial score (nSPS) is 21.2. The summed E-state index contributed by atoms with van der Waals surface area (Å²) in [6, 6.07) is 7.34. The molecule has 2 atom stereocenters. The van der Waals surface area contributed by atoms with E-state index in [4.69, 9.17) is 16.6 Å². The third-order valence-electron chi connectivity index (χ3n) is 6.21. The van der Waals surface area contributed by atoms with Gasteiger partial charge in [-0.2, -0.15) is 4.98 Å². The molecule has 1 aliphatic carbocycles. The van der Waals surface area contributed by atoms with Crippen molar-refractivity contribution >= 4 is 34.7 Å². The molecule has 4 rings (SSSR count). The molecule has 2 aliphatic rings. The molecule has 2 heterocycles. The van der Waals surface area contributed by atoms with Crippen LogP contribution >= 0.6 is 11.6 Å². The molecule has 160 valence electrons. The summed E-state index contributed by atoms with van der Waals surface area (Å²) in [5, 5.41) is 14.5. The van der Waals surface area contributed by atoms with Crippen LogP contribution in [0.1, 0.15) is 57.6 Å². The fraction of sp³-hybridized carbons (Fsp3) is 0.545. The first kappa shape index (κ1) is 20.8. The standard InChI is InChI=1S/C22H28ClN5O2/c1-2-6-16-14-21(27-12-5-8-15-7-3-4-9-19(15)27)26-22(24-16)25-17-10-11-18(23)20(13-17)28(29)30/h10-11,13-15,19H,2-9,12H2,1H3,(H,24,25,26). The van der Waals surface area contributed by atoms with Crippen molar-refractivity contribution < 1.29 is 4.92 Å². The first-order valence-electron chi connectivity index (χ1n) is 10.9. The minimum absolute atomic E-state index is 0.114. The number of nitro groups is 1. The van der Waals surface area contributed by atoms with Crippen LogP contribution in [-0.2, 0) is 6.42 Å². The Balaban J connectivity index is 1.65. The van der Waals surface area contributed by atoms with Crippen LogP contribution in [0.2, 0.25) is 5.02 Å². The first-order valence-corrected chi connectivity index (χ1v) is 11.3. The predicted molar refractivity (Wildman–Crippen MR) is 120 cm³/mol. The molecule has 0 radical (unpaired) electrons. The molecule has 1 aromatic heterocycles. The van der Waals surface area contributed by atoms with Gasteiger partial charge in [-0.15, -0.1) is 0 Å². The summed E-state index contributed by atoms with van der Waals surface area (Å²) in [4.78, 5) is 22.7. The van der Waals surface area contributed by atoms with Crippen LogP contribution in [0.4, 0.5) is 23.1 Å². The van der Waals surface area contributed by atoms with Gasteiger partial charge in [0.25, 0.3) is 5.69 Å². The minimum Gasteiger partial charge on any atom is -0.353 e. The van der Waals surface area contributed by atoms with Crippen molar-refractivity contribution in [1.82, 2.24) is 9.97 Å². The molecule has 30 heavy (non-hydrogen) atoms. The summed E-state index contributed by atoms with van der Waals surface area (Å²) in [7, 11) is 0. The number of hydrogen-bond donors (Lipinski definition) is 1. The fourth-order valence-electron chi connectivity index (χ4n) is 4.84. The van der Waals surface area contributed by atoms with E-state index in [1.54, 1.807) is 6.07 Å². The van der Waals surface area contributed by atoms with E-state index in [1.807, 2.05) is 0 Å². The summed E-state index contributed by atoms with van der Waals surface area (Å²) in [5.41, 5.74) is 1.42. The lowest BCUT2D eigenvalue weighted by atomic mass is 9.78. The maximum atomic E-state index is 11.2. The molecule has 7 nitrogen and oxygen atoms in total. The Morgan fingerprint density at radius 2 is 2.00 bits per heavy atom. The van der Waals surface area contributed by atoms with Gasteiger partial charge in [0.1, 0.15) is 10.8 Å². The molecule has 0 amide bonds. The van der Waals surface area contributed by atoms with Gasteiger partial charge in [0, 0.05) is 36.1 Å². The molecule has 0 spiro atoms. The van der Waals surface area contributed by atoms with E-state index < -0.39 is 4.92 Å². The van der Waals surface area contributed by atoms with Gasteiger partial charge in [-0.1, -0.05) is 37.8 Å². The predicted octanol–water partition coefficient (Wildman–Crippen LogP) is 5.89. The van der Waals surface area contributed by atoms with Crippen molar-refractivity contribution in [3.8, 4) is 0 Å². The van der Waals surface area contributed by atoms with Gasteiger partial charge in [0.05, 0.1) is 4.92 Å². The van der Waals surface area contributed by atoms with E-state index in [9.17, 15) is 10.1 Å². The monoisotopic (exact) mass is 429 g/mol. The average Bonchev–Trinajstić information content (AvgIpc) is 2.74. The molecule has 2 aromatic rings. The van der Waals surface area contributed by atoms with Gasteiger partial charge in [0.15, 0.2) is 0 Å². The molecule has 1 aromatic carbocycles. The highest BCUT2D eigenvalue weighted by Gasteiger charge is 2.34. The second-order valence-electron chi connectivity index (χ2n) is 8.29. The number of anilines is 3. The van der Waals surface area contributed by atoms with Gasteiger partial charge in [-0.3, -0.25) is 10.1 Å². The second kappa shape index (κ2) is 9.16. The molecular weight excluding hydrogens is 402 g/mol. The Bertz CT molecular complexity index is 920. The highest BCUT2D eigenvalue weighted by molar-refractivity contribution is 6.32. The van der Waals surface area contributed by atoms with Crippen molar-refractivity contribution in [3.05, 3.63) is 45.1 Å². The van der Waals surface area contributed by atoms with Crippen LogP contribution in [-0.4, -0.2) is 27.5 Å². The van der Waals surface area contributed by atoms with E-state index in [-0.39, 0.29) is 10.7 Å². The average molecular weight is 430 g/mol. The van der Waals surface area contributed by atoms with Crippen molar-refractivity contribution in [2.75, 3.05) is 16.8 Å². The summed E-state index contributed by atoms with van der Waals surface area (Å²) >= 11 is 5.94. The van der Waals surface area contributed by atoms with E-state index in [2.05, 4.69) is 28.2 Å². The van der Waals surface area contributed by atoms with Crippen LogP contribution in [0.3, 0.4) is 0 Å². The molecule has 8 heteroatoms. The van der Waals surface area contributed by atoms with Gasteiger partial charge < -0.3 is 10.2 Å². The lowest BCUT2D eigenvalue weighted by Crippen LogP contribution is -2.47. The molecule has 1 saturated heterocycles. The molecular formula is C22H28ClN5O2. The van der Waals surface area contributed by atoms with Crippen molar-refractivity contribution in [2.45, 2.75) is 64.3 Å². The van der Waals surface area contributed by atoms with Gasteiger partial charge in [-0.25, -0.2) is 4.98 Å². The first-order chi connectivity index (χ1) is 14.5. The molecule has 0 bridgehead atoms. The maximum Gasteiger partial charge on any atom is 0.289 e. The third kappa shape index (κ3) is 4.51. The number of nitrogens with one attached hydrogen (secondary N) is 1. The fourth-order valence-corrected chi connectivity index (χ4v) is 5.03. The van der Waals surface area contributed by atoms with Crippen molar-refractivity contribution in [3.63, 3.8) is 0 Å². The van der Waals surface area contributed by atoms with Gasteiger partial charge in [-0.05, 0) is 50.2 Å². The maximum absolute atomic E-state index is 11.2. The number of hydrogen-bond acceptors (Lipinski definition) is 6. The van der Waals surface area contributed by atoms with E-state index in [0.29, 0.717) is 17.7 Å². The number of aryl methyl sites for hydroxylation is 1. The van der Waals surface area contributed by atoms with E-state index >= 15 is 0 Å². The molecule has 1 saturated carbocycles. The van der Waals surface area contributed by atoms with Crippen LogP contribution in [0, 0.1) is 16.0 Å². The van der Waals surface area contributed by atoms with Crippen LogP contribution < -0.4 is 10.2 Å². The quantitative estimate of drug-likeness (QED) is 0.455. The lowest BCUT2D eigenvalue weighted by molar-refractivity contribution is -0.384. The largest absolute Gasteiger partial charge is 0.353 e. The summed E-state index contributed by atoms with van der Waals surface area (Å²) in [6.07, 6.45) is 9.53. The highest BCUT2D eigenvalue weighted by Crippen LogP contribution is 2.38. The summed E-state index contributed by atoms with van der Waals surface area (Å²) in [6.45, 7) is 3.16. The Morgan fingerprint density at radius 1 is 1.20 bits per heavy atom. The Labute approximate surface area is 182 Å². The lowest BCUT2D eigenvalue weighted by Gasteiger charge is -2.44. The Morgan fingerprint density at radius 3 is 2.80 bits per heavy atom. The Kier molecular flexibility index (Phi) is 6.37. The number of aromatic nitrogens is 2. The van der Waals surface area contributed by atoms with Gasteiger partial charge in [0.2, 0.25) is 5.95 Å². The van der Waals surface area contributed by atoms with Gasteiger partial charge >= 0.3 is 0 Å². The highest BCUT2D eigenvalue weighted by atomic mass is 35.5. The smallest absolute Gasteiger partial charge is 0.289 e. The number of nitrogens with zero attached hydrogens (tertiary/aromatic N) is 4. The van der Waals surface area contributed by atoms with Crippen LogP contribution in [0.25, 0.3) is 0 Å². The summed E-state index contributed by atoms with van der Waals surface area (Å²) in [5.74, 6) is 2.20. The number of rotatable bonds is 6. The molecule has 2 fully saturated rings. The van der Waals surface area contributed by atoms with Crippen molar-refractivity contribution in [2.24, 2.45) is 5.92 Å². The SMILES string of the molecule is CCCc1cc(N2CCCC3CCCCC32)nc(Nc2ccc(Cl)c([N+](=O)[O-])c2)n1. The number of halogens is 1. The topological polar surface area (TPSA) is 84.2 Å². The number of fused-ring (bicyclic) bond motifs is 1. The van der Waals surface area contributed by atoms with E-state index in [1.165, 1.54) is 50.7 Å². The minimum atomic E-state index is -0.482. The van der Waals surface area contributed by atoms with Crippen LogP contribution in [0.5, 0.6) is 0 Å². The molecule has 1 aliphatic heterocycles. The number of benzene rings is 1.